The van der Waals surface area contributed by atoms with E-state index in [-0.39, 0.29) is 17.8 Å². The third-order valence-corrected chi connectivity index (χ3v) is 6.69. The van der Waals surface area contributed by atoms with Crippen molar-refractivity contribution in [3.63, 3.8) is 0 Å². The van der Waals surface area contributed by atoms with Crippen LogP contribution in [0.1, 0.15) is 56.9 Å². The number of halogens is 2. The van der Waals surface area contributed by atoms with Crippen molar-refractivity contribution < 1.29 is 37.6 Å². The quantitative estimate of drug-likeness (QED) is 0.630. The van der Waals surface area contributed by atoms with Crippen molar-refractivity contribution in [2.75, 3.05) is 26.4 Å². The second kappa shape index (κ2) is 8.77. The molecule has 4 aliphatic rings. The summed E-state index contributed by atoms with van der Waals surface area (Å²) in [7, 11) is 0. The van der Waals surface area contributed by atoms with Gasteiger partial charge in [0, 0.05) is 13.0 Å². The Morgan fingerprint density at radius 1 is 1.20 bits per heavy atom. The van der Waals surface area contributed by atoms with Gasteiger partial charge in [0.25, 0.3) is 0 Å². The molecule has 0 radical (unpaired) electrons. The van der Waals surface area contributed by atoms with Gasteiger partial charge < -0.3 is 24.1 Å². The molecule has 6 nitrogen and oxygen atoms in total. The van der Waals surface area contributed by atoms with E-state index in [1.54, 1.807) is 6.07 Å². The number of carbonyl (C=O) groups is 1. The average molecular weight is 426 g/mol. The molecule has 5 rings (SSSR count). The summed E-state index contributed by atoms with van der Waals surface area (Å²) in [6.07, 6.45) is 5.80. The van der Waals surface area contributed by atoms with Crippen LogP contribution >= 0.6 is 0 Å². The molecule has 166 valence electrons. The SMILES string of the molecule is O=C(O)COCCC12CCC(c3cc(F)c(F)c(OC4CCCCO4)c3)(CC1)OC2. The van der Waals surface area contributed by atoms with Gasteiger partial charge in [0.15, 0.2) is 17.9 Å². The van der Waals surface area contributed by atoms with E-state index in [1.165, 1.54) is 6.07 Å². The zero-order chi connectivity index (χ0) is 21.2. The number of aliphatic carboxylic acids is 1. The second-order valence-corrected chi connectivity index (χ2v) is 8.66. The maximum atomic E-state index is 14.4. The monoisotopic (exact) mass is 426 g/mol. The van der Waals surface area contributed by atoms with Gasteiger partial charge in [0.2, 0.25) is 5.82 Å². The van der Waals surface area contributed by atoms with Crippen molar-refractivity contribution in [2.45, 2.75) is 63.3 Å². The fourth-order valence-electron chi connectivity index (χ4n) is 4.76. The molecule has 4 fully saturated rings. The summed E-state index contributed by atoms with van der Waals surface area (Å²) >= 11 is 0. The molecule has 1 aromatic carbocycles. The molecule has 1 aliphatic carbocycles. The van der Waals surface area contributed by atoms with E-state index < -0.39 is 29.5 Å². The largest absolute Gasteiger partial charge is 0.480 e. The van der Waals surface area contributed by atoms with Crippen LogP contribution in [0, 0.1) is 17.0 Å². The Morgan fingerprint density at radius 3 is 2.63 bits per heavy atom. The number of hydrogen-bond acceptors (Lipinski definition) is 5. The van der Waals surface area contributed by atoms with Crippen LogP contribution in [0.15, 0.2) is 12.1 Å². The lowest BCUT2D eigenvalue weighted by Crippen LogP contribution is -2.49. The van der Waals surface area contributed by atoms with E-state index in [9.17, 15) is 13.6 Å². The Balaban J connectivity index is 1.44. The van der Waals surface area contributed by atoms with Crippen LogP contribution in [0.3, 0.4) is 0 Å². The summed E-state index contributed by atoms with van der Waals surface area (Å²) in [4.78, 5) is 10.6. The third-order valence-electron chi connectivity index (χ3n) is 6.69. The number of ether oxygens (including phenoxy) is 4. The summed E-state index contributed by atoms with van der Waals surface area (Å²) in [6.45, 7) is 1.11. The molecule has 3 aliphatic heterocycles. The fourth-order valence-corrected chi connectivity index (χ4v) is 4.76. The number of carboxylic acids is 1. The Morgan fingerprint density at radius 2 is 2.00 bits per heavy atom. The lowest BCUT2D eigenvalue weighted by Gasteiger charge is -2.53. The number of rotatable bonds is 8. The fraction of sp³-hybridized carbons (Fsp3) is 0.682. The van der Waals surface area contributed by atoms with Gasteiger partial charge in [-0.3, -0.25) is 0 Å². The Hall–Kier alpha value is -1.77. The Kier molecular flexibility index (Phi) is 6.27. The second-order valence-electron chi connectivity index (χ2n) is 8.66. The Bertz CT molecular complexity index is 753. The molecular formula is C22H28F2O6. The molecule has 0 aromatic heterocycles. The molecule has 3 saturated heterocycles. The summed E-state index contributed by atoms with van der Waals surface area (Å²) in [6, 6.07) is 2.78. The van der Waals surface area contributed by atoms with E-state index in [1.807, 2.05) is 0 Å². The van der Waals surface area contributed by atoms with Crippen molar-refractivity contribution >= 4 is 5.97 Å². The topological polar surface area (TPSA) is 74.2 Å². The molecule has 1 aromatic rings. The first-order valence-corrected chi connectivity index (χ1v) is 10.6. The highest BCUT2D eigenvalue weighted by Crippen LogP contribution is 2.55. The molecule has 0 spiro atoms. The van der Waals surface area contributed by atoms with Crippen LogP contribution in [-0.4, -0.2) is 43.8 Å². The lowest BCUT2D eigenvalue weighted by atomic mass is 9.63. The summed E-state index contributed by atoms with van der Waals surface area (Å²) in [5.41, 5.74) is -0.0969. The van der Waals surface area contributed by atoms with Gasteiger partial charge in [-0.1, -0.05) is 0 Å². The van der Waals surface area contributed by atoms with Crippen molar-refractivity contribution in [3.8, 4) is 5.75 Å². The van der Waals surface area contributed by atoms with Crippen LogP contribution < -0.4 is 4.74 Å². The minimum absolute atomic E-state index is 0.0475. The highest BCUT2D eigenvalue weighted by atomic mass is 19.2. The van der Waals surface area contributed by atoms with Gasteiger partial charge in [-0.15, -0.1) is 0 Å². The van der Waals surface area contributed by atoms with Crippen molar-refractivity contribution in [1.82, 2.24) is 0 Å². The van der Waals surface area contributed by atoms with Crippen molar-refractivity contribution in [1.29, 1.82) is 0 Å². The van der Waals surface area contributed by atoms with E-state index in [0.717, 1.165) is 32.1 Å². The van der Waals surface area contributed by atoms with Crippen LogP contribution in [0.2, 0.25) is 0 Å². The third kappa shape index (κ3) is 4.45. The Labute approximate surface area is 174 Å². The standard InChI is InChI=1S/C22H28F2O6/c23-16-11-15(12-17(20(16)24)30-19-3-1-2-9-28-19)22-6-4-21(5-7-22,14-29-22)8-10-27-13-18(25)26/h11-12,19H,1-10,13-14H2,(H,25,26). The van der Waals surface area contributed by atoms with Crippen molar-refractivity contribution in [3.05, 3.63) is 29.3 Å². The van der Waals surface area contributed by atoms with Gasteiger partial charge >= 0.3 is 5.97 Å². The van der Waals surface area contributed by atoms with Crippen LogP contribution in [-0.2, 0) is 24.6 Å². The number of fused-ring (bicyclic) bond motifs is 3. The predicted molar refractivity (Wildman–Crippen MR) is 102 cm³/mol. The summed E-state index contributed by atoms with van der Waals surface area (Å²) in [5.74, 6) is -3.05. The number of hydrogen-bond donors (Lipinski definition) is 1. The molecule has 1 saturated carbocycles. The zero-order valence-corrected chi connectivity index (χ0v) is 17.0. The smallest absolute Gasteiger partial charge is 0.329 e. The predicted octanol–water partition coefficient (Wildman–Crippen LogP) is 4.15. The molecule has 1 N–H and O–H groups in total. The summed E-state index contributed by atoms with van der Waals surface area (Å²) < 4.78 is 51.4. The number of benzene rings is 1. The van der Waals surface area contributed by atoms with E-state index in [2.05, 4.69) is 0 Å². The van der Waals surface area contributed by atoms with Gasteiger partial charge in [-0.25, -0.2) is 9.18 Å². The number of carboxylic acid groups (broad SMARTS) is 1. The van der Waals surface area contributed by atoms with E-state index >= 15 is 0 Å². The highest BCUT2D eigenvalue weighted by molar-refractivity contribution is 5.67. The van der Waals surface area contributed by atoms with E-state index in [4.69, 9.17) is 24.1 Å². The first-order valence-electron chi connectivity index (χ1n) is 10.6. The summed E-state index contributed by atoms with van der Waals surface area (Å²) in [5, 5.41) is 8.68. The van der Waals surface area contributed by atoms with Crippen LogP contribution in [0.25, 0.3) is 0 Å². The molecule has 2 bridgehead atoms. The highest BCUT2D eigenvalue weighted by Gasteiger charge is 2.50. The molecule has 30 heavy (non-hydrogen) atoms. The molecule has 0 amide bonds. The maximum absolute atomic E-state index is 14.4. The van der Waals surface area contributed by atoms with Gasteiger partial charge in [0.05, 0.1) is 18.8 Å². The molecule has 1 atom stereocenters. The minimum atomic E-state index is -0.999. The molecule has 8 heteroatoms. The lowest BCUT2D eigenvalue weighted by molar-refractivity contribution is -0.195. The molecule has 3 heterocycles. The average Bonchev–Trinajstić information content (AvgIpc) is 2.76. The molecule has 1 unspecified atom stereocenters. The maximum Gasteiger partial charge on any atom is 0.329 e. The van der Waals surface area contributed by atoms with Gasteiger partial charge in [0.1, 0.15) is 6.61 Å². The van der Waals surface area contributed by atoms with Gasteiger partial charge in [-0.05, 0) is 68.1 Å². The van der Waals surface area contributed by atoms with E-state index in [0.29, 0.717) is 44.6 Å². The van der Waals surface area contributed by atoms with Crippen LogP contribution in [0.4, 0.5) is 8.78 Å². The zero-order valence-electron chi connectivity index (χ0n) is 17.0. The first kappa shape index (κ1) is 21.5. The first-order chi connectivity index (χ1) is 14.4. The van der Waals surface area contributed by atoms with Gasteiger partial charge in [-0.2, -0.15) is 4.39 Å². The minimum Gasteiger partial charge on any atom is -0.480 e. The van der Waals surface area contributed by atoms with Crippen LogP contribution in [0.5, 0.6) is 5.75 Å². The van der Waals surface area contributed by atoms with Crippen molar-refractivity contribution in [2.24, 2.45) is 5.41 Å². The normalized spacial score (nSPS) is 30.9. The molecular weight excluding hydrogens is 398 g/mol.